The lowest BCUT2D eigenvalue weighted by Crippen LogP contribution is -2.58. The summed E-state index contributed by atoms with van der Waals surface area (Å²) < 4.78 is 0. The largest absolute Gasteiger partial charge is 0.322 e. The van der Waals surface area contributed by atoms with E-state index in [1.54, 1.807) is 24.8 Å². The summed E-state index contributed by atoms with van der Waals surface area (Å²) in [6.07, 6.45) is 1.39. The zero-order valence-electron chi connectivity index (χ0n) is 12.2. The minimum absolute atomic E-state index is 0.159. The lowest BCUT2D eigenvalue weighted by molar-refractivity contribution is -0.125. The molecule has 1 aromatic heterocycles. The van der Waals surface area contributed by atoms with Crippen LogP contribution in [0, 0.1) is 0 Å². The van der Waals surface area contributed by atoms with Gasteiger partial charge in [0.2, 0.25) is 11.8 Å². The molecule has 7 nitrogen and oxygen atoms in total. The number of nitrogens with one attached hydrogen (secondary N) is 2. The third-order valence-corrected chi connectivity index (χ3v) is 4.34. The zero-order valence-corrected chi connectivity index (χ0v) is 13.0. The monoisotopic (exact) mass is 317 g/mol. The Balaban J connectivity index is 1.89. The molecule has 0 bridgehead atoms. The van der Waals surface area contributed by atoms with Gasteiger partial charge in [-0.2, -0.15) is 5.10 Å². The standard InChI is InChI=1S/C14H15N5O2S/c1-14(2)12(21)17-9-5-3-4-6-10(9)19(14)11(20)7-22-13-15-8-16-18-13/h3-6,8H,7H2,1-2H3,(H,17,21)(H,15,16,18). The van der Waals surface area contributed by atoms with Gasteiger partial charge in [0, 0.05) is 0 Å². The highest BCUT2D eigenvalue weighted by atomic mass is 32.2. The van der Waals surface area contributed by atoms with Gasteiger partial charge in [-0.05, 0) is 26.0 Å². The molecule has 0 atom stereocenters. The molecule has 114 valence electrons. The molecular weight excluding hydrogens is 302 g/mol. The molecule has 0 fully saturated rings. The highest BCUT2D eigenvalue weighted by molar-refractivity contribution is 7.99. The average molecular weight is 317 g/mol. The van der Waals surface area contributed by atoms with Gasteiger partial charge < -0.3 is 5.32 Å². The predicted octanol–water partition coefficient (Wildman–Crippen LogP) is 1.66. The summed E-state index contributed by atoms with van der Waals surface area (Å²) in [5, 5.41) is 9.85. The fourth-order valence-electron chi connectivity index (χ4n) is 2.36. The van der Waals surface area contributed by atoms with Crippen LogP contribution in [0.15, 0.2) is 35.7 Å². The lowest BCUT2D eigenvalue weighted by Gasteiger charge is -2.42. The Bertz CT molecular complexity index is 714. The quantitative estimate of drug-likeness (QED) is 0.840. The van der Waals surface area contributed by atoms with Gasteiger partial charge in [0.25, 0.3) is 0 Å². The van der Waals surface area contributed by atoms with Crippen molar-refractivity contribution in [1.29, 1.82) is 0 Å². The van der Waals surface area contributed by atoms with Gasteiger partial charge in [-0.25, -0.2) is 4.98 Å². The molecule has 2 amide bonds. The van der Waals surface area contributed by atoms with Crippen molar-refractivity contribution in [3.63, 3.8) is 0 Å². The van der Waals surface area contributed by atoms with Crippen molar-refractivity contribution in [2.45, 2.75) is 24.5 Å². The van der Waals surface area contributed by atoms with Crippen LogP contribution < -0.4 is 10.2 Å². The molecule has 0 aliphatic carbocycles. The van der Waals surface area contributed by atoms with Crippen LogP contribution >= 0.6 is 11.8 Å². The van der Waals surface area contributed by atoms with E-state index >= 15 is 0 Å². The number of thioether (sulfide) groups is 1. The van der Waals surface area contributed by atoms with Gasteiger partial charge in [0.15, 0.2) is 5.16 Å². The van der Waals surface area contributed by atoms with E-state index in [0.717, 1.165) is 0 Å². The number of carbonyl (C=O) groups excluding carboxylic acids is 2. The fraction of sp³-hybridized carbons (Fsp3) is 0.286. The number of nitrogens with zero attached hydrogens (tertiary/aromatic N) is 3. The van der Waals surface area contributed by atoms with Gasteiger partial charge in [0.1, 0.15) is 11.9 Å². The van der Waals surface area contributed by atoms with E-state index in [1.807, 2.05) is 18.2 Å². The summed E-state index contributed by atoms with van der Waals surface area (Å²) in [4.78, 5) is 30.5. The Hall–Kier alpha value is -2.35. The molecule has 0 spiro atoms. The third kappa shape index (κ3) is 2.45. The Labute approximate surface area is 131 Å². The fourth-order valence-corrected chi connectivity index (χ4v) is 2.99. The molecule has 0 radical (unpaired) electrons. The van der Waals surface area contributed by atoms with Gasteiger partial charge in [-0.1, -0.05) is 23.9 Å². The van der Waals surface area contributed by atoms with Crippen molar-refractivity contribution in [3.05, 3.63) is 30.6 Å². The highest BCUT2D eigenvalue weighted by Crippen LogP contribution is 2.37. The second-order valence-electron chi connectivity index (χ2n) is 5.34. The van der Waals surface area contributed by atoms with Crippen LogP contribution in [0.5, 0.6) is 0 Å². The number of aromatic nitrogens is 3. The van der Waals surface area contributed by atoms with Crippen LogP contribution in [-0.2, 0) is 9.59 Å². The third-order valence-electron chi connectivity index (χ3n) is 3.48. The normalized spacial score (nSPS) is 16.1. The van der Waals surface area contributed by atoms with E-state index in [0.29, 0.717) is 16.5 Å². The number of carbonyl (C=O) groups is 2. The number of aromatic amines is 1. The van der Waals surface area contributed by atoms with E-state index in [4.69, 9.17) is 0 Å². The van der Waals surface area contributed by atoms with Crippen LogP contribution in [-0.4, -0.2) is 38.3 Å². The minimum atomic E-state index is -0.951. The molecule has 2 aromatic rings. The van der Waals surface area contributed by atoms with Crippen molar-refractivity contribution < 1.29 is 9.59 Å². The molecule has 0 saturated carbocycles. The summed E-state index contributed by atoms with van der Waals surface area (Å²) in [5.74, 6) is -0.196. The maximum Gasteiger partial charge on any atom is 0.250 e. The van der Waals surface area contributed by atoms with Crippen LogP contribution in [0.25, 0.3) is 0 Å². The first kappa shape index (κ1) is 14.6. The summed E-state index contributed by atoms with van der Waals surface area (Å²) in [7, 11) is 0. The van der Waals surface area contributed by atoms with Crippen molar-refractivity contribution >= 4 is 35.0 Å². The van der Waals surface area contributed by atoms with Crippen LogP contribution in [0.3, 0.4) is 0 Å². The second-order valence-corrected chi connectivity index (χ2v) is 6.30. The molecule has 2 N–H and O–H groups in total. The molecule has 8 heteroatoms. The molecule has 3 rings (SSSR count). The predicted molar refractivity (Wildman–Crippen MR) is 83.7 cm³/mol. The number of hydrogen-bond acceptors (Lipinski definition) is 5. The summed E-state index contributed by atoms with van der Waals surface area (Å²) in [6.45, 7) is 3.46. The topological polar surface area (TPSA) is 91.0 Å². The second kappa shape index (κ2) is 5.45. The number of hydrogen-bond donors (Lipinski definition) is 2. The number of amides is 2. The van der Waals surface area contributed by atoms with Crippen molar-refractivity contribution in [2.75, 3.05) is 16.0 Å². The Morgan fingerprint density at radius 1 is 1.36 bits per heavy atom. The molecule has 0 unspecified atom stereocenters. The Morgan fingerprint density at radius 3 is 2.86 bits per heavy atom. The summed E-state index contributed by atoms with van der Waals surface area (Å²) >= 11 is 1.25. The SMILES string of the molecule is CC1(C)C(=O)Nc2ccccc2N1C(=O)CSc1ncn[nH]1. The van der Waals surface area contributed by atoms with Gasteiger partial charge >= 0.3 is 0 Å². The first-order chi connectivity index (χ1) is 10.5. The van der Waals surface area contributed by atoms with E-state index in [2.05, 4.69) is 20.5 Å². The van der Waals surface area contributed by atoms with Crippen molar-refractivity contribution in [1.82, 2.24) is 15.2 Å². The summed E-state index contributed by atoms with van der Waals surface area (Å²) in [6, 6.07) is 7.28. The lowest BCUT2D eigenvalue weighted by atomic mass is 9.96. The van der Waals surface area contributed by atoms with Gasteiger partial charge in [-0.15, -0.1) is 0 Å². The van der Waals surface area contributed by atoms with Crippen molar-refractivity contribution in [2.24, 2.45) is 0 Å². The first-order valence-electron chi connectivity index (χ1n) is 6.72. The Kier molecular flexibility index (Phi) is 3.61. The average Bonchev–Trinajstić information content (AvgIpc) is 2.99. The number of fused-ring (bicyclic) bond motifs is 1. The number of anilines is 2. The number of benzene rings is 1. The number of rotatable bonds is 3. The van der Waals surface area contributed by atoms with Crippen molar-refractivity contribution in [3.8, 4) is 0 Å². The highest BCUT2D eigenvalue weighted by Gasteiger charge is 2.43. The van der Waals surface area contributed by atoms with E-state index in [-0.39, 0.29) is 17.6 Å². The smallest absolute Gasteiger partial charge is 0.250 e. The maximum atomic E-state index is 12.7. The molecule has 0 saturated heterocycles. The summed E-state index contributed by atoms with van der Waals surface area (Å²) in [5.41, 5.74) is 0.396. The maximum absolute atomic E-state index is 12.7. The van der Waals surface area contributed by atoms with Crippen LogP contribution in [0.4, 0.5) is 11.4 Å². The first-order valence-corrected chi connectivity index (χ1v) is 7.70. The zero-order chi connectivity index (χ0) is 15.7. The van der Waals surface area contributed by atoms with Gasteiger partial charge in [0.05, 0.1) is 17.1 Å². The molecule has 1 aliphatic heterocycles. The number of H-pyrrole nitrogens is 1. The Morgan fingerprint density at radius 2 is 2.14 bits per heavy atom. The minimum Gasteiger partial charge on any atom is -0.322 e. The van der Waals surface area contributed by atoms with Gasteiger partial charge in [-0.3, -0.25) is 19.6 Å². The van der Waals surface area contributed by atoms with E-state index in [9.17, 15) is 9.59 Å². The van der Waals surface area contributed by atoms with E-state index in [1.165, 1.54) is 18.1 Å². The molecule has 1 aliphatic rings. The molecule has 1 aromatic carbocycles. The molecule has 2 heterocycles. The molecular formula is C14H15N5O2S. The van der Waals surface area contributed by atoms with E-state index < -0.39 is 5.54 Å². The van der Waals surface area contributed by atoms with Crippen LogP contribution in [0.1, 0.15) is 13.8 Å². The number of para-hydroxylation sites is 2. The molecule has 22 heavy (non-hydrogen) atoms. The van der Waals surface area contributed by atoms with Crippen LogP contribution in [0.2, 0.25) is 0 Å².